The molecule has 33 heavy (non-hydrogen) atoms. The summed E-state index contributed by atoms with van der Waals surface area (Å²) in [6.45, 7) is 5.22. The number of benzene rings is 3. The van der Waals surface area contributed by atoms with Crippen molar-refractivity contribution in [2.75, 3.05) is 0 Å². The first kappa shape index (κ1) is 20.7. The van der Waals surface area contributed by atoms with Crippen molar-refractivity contribution in [2.24, 2.45) is 0 Å². The second-order valence-corrected chi connectivity index (χ2v) is 8.25. The van der Waals surface area contributed by atoms with E-state index >= 15 is 0 Å². The number of carbonyl (C=O) groups excluding carboxylic acids is 1. The summed E-state index contributed by atoms with van der Waals surface area (Å²) in [5, 5.41) is 7.49. The molecule has 0 spiro atoms. The lowest BCUT2D eigenvalue weighted by Crippen LogP contribution is -2.22. The summed E-state index contributed by atoms with van der Waals surface area (Å²) < 4.78 is 4.02. The number of hydrogen-bond donors (Lipinski definition) is 1. The second-order valence-electron chi connectivity index (χ2n) is 8.25. The Balaban J connectivity index is 1.20. The number of imidazole rings is 1. The first-order chi connectivity index (χ1) is 16.1. The van der Waals surface area contributed by atoms with E-state index in [0.29, 0.717) is 12.1 Å². The maximum atomic E-state index is 12.6. The van der Waals surface area contributed by atoms with Gasteiger partial charge in [-0.2, -0.15) is 5.10 Å². The Morgan fingerprint density at radius 3 is 2.36 bits per heavy atom. The van der Waals surface area contributed by atoms with Crippen LogP contribution in [0.1, 0.15) is 32.9 Å². The van der Waals surface area contributed by atoms with Crippen molar-refractivity contribution in [3.8, 4) is 5.69 Å². The van der Waals surface area contributed by atoms with Crippen LogP contribution in [-0.4, -0.2) is 25.2 Å². The fourth-order valence-corrected chi connectivity index (χ4v) is 4.02. The van der Waals surface area contributed by atoms with Crippen LogP contribution in [0.5, 0.6) is 0 Å². The topological polar surface area (TPSA) is 64.7 Å². The molecule has 1 N–H and O–H groups in total. The molecule has 0 aliphatic heterocycles. The highest BCUT2D eigenvalue weighted by molar-refractivity contribution is 5.94. The van der Waals surface area contributed by atoms with Crippen LogP contribution < -0.4 is 5.32 Å². The number of nitrogens with one attached hydrogen (secondary N) is 1. The van der Waals surface area contributed by atoms with Crippen molar-refractivity contribution in [3.63, 3.8) is 0 Å². The van der Waals surface area contributed by atoms with Gasteiger partial charge in [0.1, 0.15) is 0 Å². The van der Waals surface area contributed by atoms with E-state index in [4.69, 9.17) is 0 Å². The van der Waals surface area contributed by atoms with Gasteiger partial charge < -0.3 is 9.88 Å². The summed E-state index contributed by atoms with van der Waals surface area (Å²) in [6.07, 6.45) is 1.87. The van der Waals surface area contributed by atoms with Crippen molar-refractivity contribution in [2.45, 2.75) is 26.9 Å². The van der Waals surface area contributed by atoms with E-state index < -0.39 is 0 Å². The molecule has 0 aliphatic carbocycles. The lowest BCUT2D eigenvalue weighted by atomic mass is 10.1. The zero-order valence-electron chi connectivity index (χ0n) is 18.7. The summed E-state index contributed by atoms with van der Waals surface area (Å²) in [5.74, 6) is -0.0936. The molecule has 0 saturated carbocycles. The third-order valence-corrected chi connectivity index (χ3v) is 5.74. The van der Waals surface area contributed by atoms with Crippen LogP contribution >= 0.6 is 0 Å². The van der Waals surface area contributed by atoms with Crippen molar-refractivity contribution >= 4 is 16.9 Å². The Bertz CT molecular complexity index is 1410. The molecule has 0 fully saturated rings. The highest BCUT2D eigenvalue weighted by Gasteiger charge is 2.08. The van der Waals surface area contributed by atoms with Crippen LogP contribution in [0.3, 0.4) is 0 Å². The summed E-state index contributed by atoms with van der Waals surface area (Å²) >= 11 is 0. The van der Waals surface area contributed by atoms with Gasteiger partial charge in [-0.15, -0.1) is 0 Å². The van der Waals surface area contributed by atoms with E-state index in [2.05, 4.69) is 50.3 Å². The standard InChI is InChI=1S/C27H25N5O/c1-19-15-20(2)32(30-19)24-13-11-23(12-14-24)27(33)28-16-21-7-9-22(10-8-21)17-31-18-29-25-5-3-4-6-26(25)31/h3-15,18H,16-17H2,1-2H3,(H,28,33). The van der Waals surface area contributed by atoms with Gasteiger partial charge in [0.25, 0.3) is 5.91 Å². The third kappa shape index (κ3) is 4.41. The van der Waals surface area contributed by atoms with Gasteiger partial charge in [-0.05, 0) is 67.4 Å². The molecule has 0 saturated heterocycles. The van der Waals surface area contributed by atoms with Gasteiger partial charge in [-0.1, -0.05) is 36.4 Å². The monoisotopic (exact) mass is 435 g/mol. The second kappa shape index (κ2) is 8.74. The van der Waals surface area contributed by atoms with Crippen molar-refractivity contribution in [3.05, 3.63) is 113 Å². The molecule has 6 heteroatoms. The van der Waals surface area contributed by atoms with Crippen molar-refractivity contribution < 1.29 is 4.79 Å². The molecule has 0 atom stereocenters. The fraction of sp³-hybridized carbons (Fsp3) is 0.148. The highest BCUT2D eigenvalue weighted by atomic mass is 16.1. The van der Waals surface area contributed by atoms with Crippen LogP contribution in [0.15, 0.2) is 85.2 Å². The lowest BCUT2D eigenvalue weighted by molar-refractivity contribution is 0.0951. The Hall–Kier alpha value is -4.19. The van der Waals surface area contributed by atoms with Gasteiger partial charge in [-0.25, -0.2) is 9.67 Å². The van der Waals surface area contributed by atoms with Gasteiger partial charge in [0.15, 0.2) is 0 Å². The zero-order valence-corrected chi connectivity index (χ0v) is 18.7. The molecule has 0 aliphatic rings. The number of hydrogen-bond acceptors (Lipinski definition) is 3. The maximum Gasteiger partial charge on any atom is 0.251 e. The van der Waals surface area contributed by atoms with Gasteiger partial charge in [-0.3, -0.25) is 4.79 Å². The van der Waals surface area contributed by atoms with E-state index in [1.165, 1.54) is 5.56 Å². The molecule has 0 radical (unpaired) electrons. The van der Waals surface area contributed by atoms with Crippen molar-refractivity contribution in [1.29, 1.82) is 0 Å². The predicted octanol–water partition coefficient (Wildman–Crippen LogP) is 4.82. The largest absolute Gasteiger partial charge is 0.348 e. The number of rotatable bonds is 6. The molecule has 6 nitrogen and oxygen atoms in total. The molecule has 5 aromatic rings. The molecule has 1 amide bonds. The minimum Gasteiger partial charge on any atom is -0.348 e. The van der Waals surface area contributed by atoms with Gasteiger partial charge in [0, 0.05) is 24.3 Å². The first-order valence-corrected chi connectivity index (χ1v) is 11.0. The zero-order chi connectivity index (χ0) is 22.8. The highest BCUT2D eigenvalue weighted by Crippen LogP contribution is 2.15. The minimum atomic E-state index is -0.0936. The van der Waals surface area contributed by atoms with Crippen LogP contribution in [0, 0.1) is 13.8 Å². The van der Waals surface area contributed by atoms with Gasteiger partial charge >= 0.3 is 0 Å². The molecule has 0 bridgehead atoms. The average molecular weight is 436 g/mol. The smallest absolute Gasteiger partial charge is 0.251 e. The molecular weight excluding hydrogens is 410 g/mol. The number of aromatic nitrogens is 4. The predicted molar refractivity (Wildman–Crippen MR) is 129 cm³/mol. The van der Waals surface area contributed by atoms with Crippen LogP contribution in [0.2, 0.25) is 0 Å². The average Bonchev–Trinajstić information content (AvgIpc) is 3.40. The first-order valence-electron chi connectivity index (χ1n) is 11.0. The summed E-state index contributed by atoms with van der Waals surface area (Å²) in [4.78, 5) is 17.0. The number of nitrogens with zero attached hydrogens (tertiary/aromatic N) is 4. The molecular formula is C27H25N5O. The number of aryl methyl sites for hydroxylation is 2. The van der Waals surface area contributed by atoms with Gasteiger partial charge in [0.05, 0.1) is 28.7 Å². The number of para-hydroxylation sites is 2. The van der Waals surface area contributed by atoms with Gasteiger partial charge in [0.2, 0.25) is 0 Å². The quantitative estimate of drug-likeness (QED) is 0.416. The molecule has 5 rings (SSSR count). The molecule has 0 unspecified atom stereocenters. The Morgan fingerprint density at radius 1 is 0.909 bits per heavy atom. The number of carbonyl (C=O) groups is 1. The van der Waals surface area contributed by atoms with E-state index in [-0.39, 0.29) is 5.91 Å². The Morgan fingerprint density at radius 2 is 1.64 bits per heavy atom. The maximum absolute atomic E-state index is 12.6. The summed E-state index contributed by atoms with van der Waals surface area (Å²) in [6, 6.07) is 26.0. The lowest BCUT2D eigenvalue weighted by Gasteiger charge is -2.09. The normalized spacial score (nSPS) is 11.1. The number of amides is 1. The Kier molecular flexibility index (Phi) is 5.48. The van der Waals surface area contributed by atoms with E-state index in [9.17, 15) is 4.79 Å². The third-order valence-electron chi connectivity index (χ3n) is 5.74. The van der Waals surface area contributed by atoms with E-state index in [0.717, 1.165) is 40.2 Å². The van der Waals surface area contributed by atoms with Crippen molar-refractivity contribution in [1.82, 2.24) is 24.6 Å². The Labute approximate surface area is 192 Å². The molecule has 164 valence electrons. The summed E-state index contributed by atoms with van der Waals surface area (Å²) in [7, 11) is 0. The fourth-order valence-electron chi connectivity index (χ4n) is 4.02. The van der Waals surface area contributed by atoms with E-state index in [1.807, 2.05) is 73.4 Å². The minimum absolute atomic E-state index is 0.0936. The molecule has 2 heterocycles. The number of fused-ring (bicyclic) bond motifs is 1. The summed E-state index contributed by atoms with van der Waals surface area (Å²) in [5.41, 5.74) is 7.97. The van der Waals surface area contributed by atoms with Crippen LogP contribution in [0.25, 0.3) is 16.7 Å². The van der Waals surface area contributed by atoms with E-state index in [1.54, 1.807) is 0 Å². The SMILES string of the molecule is Cc1cc(C)n(-c2ccc(C(=O)NCc3ccc(Cn4cnc5ccccc54)cc3)cc2)n1. The molecule has 3 aromatic carbocycles. The van der Waals surface area contributed by atoms with Crippen LogP contribution in [-0.2, 0) is 13.1 Å². The van der Waals surface area contributed by atoms with Crippen LogP contribution in [0.4, 0.5) is 0 Å². The molecule has 2 aromatic heterocycles.